The average molecular weight is 422 g/mol. The number of aliphatic hydroxyl groups excluding tert-OH is 1. The first-order valence-electron chi connectivity index (χ1n) is 8.00. The summed E-state index contributed by atoms with van der Waals surface area (Å²) in [6.45, 7) is 3.23. The zero-order chi connectivity index (χ0) is 19.1. The van der Waals surface area contributed by atoms with E-state index >= 15 is 0 Å². The van der Waals surface area contributed by atoms with Crippen molar-refractivity contribution in [2.24, 2.45) is 0 Å². The third kappa shape index (κ3) is 5.53. The van der Waals surface area contributed by atoms with Crippen molar-refractivity contribution in [3.05, 3.63) is 58.3 Å². The molecule has 3 N–H and O–H groups in total. The van der Waals surface area contributed by atoms with Crippen molar-refractivity contribution in [1.29, 1.82) is 0 Å². The monoisotopic (exact) mass is 421 g/mol. The molecule has 138 valence electrons. The largest absolute Gasteiger partial charge is 0.442 e. The lowest BCUT2D eigenvalue weighted by atomic mass is 10.1. The molecule has 0 aliphatic carbocycles. The van der Waals surface area contributed by atoms with Gasteiger partial charge in [0.05, 0.1) is 18.3 Å². The van der Waals surface area contributed by atoms with Crippen LogP contribution in [-0.4, -0.2) is 34.7 Å². The van der Waals surface area contributed by atoms with Crippen molar-refractivity contribution in [2.45, 2.75) is 26.0 Å². The topological polar surface area (TPSA) is 101 Å². The standard InChI is InChI=1S/C18H20BrN3O4/c1-11(10-23)21-18(25)26-12(2)13-6-7-15(14(19)9-13)22-17(24)16-5-3-4-8-20-16/h3-9,11-12,23H,10H2,1-2H3,(H,21,25)(H,22,24). The van der Waals surface area contributed by atoms with Crippen molar-refractivity contribution in [1.82, 2.24) is 10.3 Å². The normalized spacial score (nSPS) is 12.8. The highest BCUT2D eigenvalue weighted by Gasteiger charge is 2.15. The number of ether oxygens (including phenoxy) is 1. The van der Waals surface area contributed by atoms with Crippen molar-refractivity contribution < 1.29 is 19.4 Å². The van der Waals surface area contributed by atoms with Gasteiger partial charge in [-0.2, -0.15) is 0 Å². The molecule has 2 unspecified atom stereocenters. The Hall–Kier alpha value is -2.45. The van der Waals surface area contributed by atoms with Gasteiger partial charge in [0.2, 0.25) is 0 Å². The number of carbonyl (C=O) groups excluding carboxylic acids is 2. The van der Waals surface area contributed by atoms with Gasteiger partial charge in [0, 0.05) is 10.7 Å². The van der Waals surface area contributed by atoms with Crippen LogP contribution in [0.3, 0.4) is 0 Å². The maximum absolute atomic E-state index is 12.2. The lowest BCUT2D eigenvalue weighted by Gasteiger charge is -2.17. The number of nitrogens with zero attached hydrogens (tertiary/aromatic N) is 1. The summed E-state index contributed by atoms with van der Waals surface area (Å²) in [6, 6.07) is 9.95. The van der Waals surface area contributed by atoms with Crippen LogP contribution < -0.4 is 10.6 Å². The van der Waals surface area contributed by atoms with Crippen molar-refractivity contribution in [3.63, 3.8) is 0 Å². The van der Waals surface area contributed by atoms with E-state index in [1.807, 2.05) is 0 Å². The summed E-state index contributed by atoms with van der Waals surface area (Å²) in [5.74, 6) is -0.319. The molecule has 0 fully saturated rings. The number of aromatic nitrogens is 1. The molecule has 0 bridgehead atoms. The van der Waals surface area contributed by atoms with E-state index in [9.17, 15) is 9.59 Å². The number of nitrogens with one attached hydrogen (secondary N) is 2. The number of hydrogen-bond acceptors (Lipinski definition) is 5. The van der Waals surface area contributed by atoms with Crippen molar-refractivity contribution in [2.75, 3.05) is 11.9 Å². The Labute approximate surface area is 159 Å². The molecule has 1 aromatic carbocycles. The van der Waals surface area contributed by atoms with Gasteiger partial charge in [0.15, 0.2) is 0 Å². The molecule has 0 radical (unpaired) electrons. The van der Waals surface area contributed by atoms with Gasteiger partial charge in [0.25, 0.3) is 5.91 Å². The number of benzene rings is 1. The van der Waals surface area contributed by atoms with Crippen molar-refractivity contribution >= 4 is 33.6 Å². The fourth-order valence-corrected chi connectivity index (χ4v) is 2.57. The predicted octanol–water partition coefficient (Wildman–Crippen LogP) is 3.26. The summed E-state index contributed by atoms with van der Waals surface area (Å²) in [6.07, 6.45) is 0.440. The zero-order valence-electron chi connectivity index (χ0n) is 14.4. The number of amides is 2. The quantitative estimate of drug-likeness (QED) is 0.664. The Bertz CT molecular complexity index is 770. The lowest BCUT2D eigenvalue weighted by Crippen LogP contribution is -2.35. The highest BCUT2D eigenvalue weighted by Crippen LogP contribution is 2.28. The number of carbonyl (C=O) groups is 2. The minimum atomic E-state index is -0.609. The highest BCUT2D eigenvalue weighted by atomic mass is 79.9. The molecule has 2 amide bonds. The van der Waals surface area contributed by atoms with E-state index in [-0.39, 0.29) is 18.6 Å². The van der Waals surface area contributed by atoms with Gasteiger partial charge in [-0.3, -0.25) is 9.78 Å². The van der Waals surface area contributed by atoms with Gasteiger partial charge in [-0.05, 0) is 59.6 Å². The van der Waals surface area contributed by atoms with E-state index in [0.717, 1.165) is 5.56 Å². The first kappa shape index (κ1) is 19.9. The Balaban J connectivity index is 2.02. The molecule has 0 aliphatic heterocycles. The first-order chi connectivity index (χ1) is 12.4. The van der Waals surface area contributed by atoms with E-state index < -0.39 is 12.2 Å². The molecule has 8 heteroatoms. The number of aliphatic hydroxyl groups is 1. The van der Waals surface area contributed by atoms with Crippen LogP contribution in [0, 0.1) is 0 Å². The fourth-order valence-electron chi connectivity index (χ4n) is 2.08. The summed E-state index contributed by atoms with van der Waals surface area (Å²) in [7, 11) is 0. The molecule has 2 atom stereocenters. The number of pyridine rings is 1. The van der Waals surface area contributed by atoms with E-state index in [1.165, 1.54) is 0 Å². The Morgan fingerprint density at radius 2 is 2.04 bits per heavy atom. The van der Waals surface area contributed by atoms with Crippen LogP contribution in [-0.2, 0) is 4.74 Å². The number of rotatable bonds is 6. The molecule has 1 heterocycles. The minimum Gasteiger partial charge on any atom is -0.442 e. The fraction of sp³-hybridized carbons (Fsp3) is 0.278. The average Bonchev–Trinajstić information content (AvgIpc) is 2.63. The summed E-state index contributed by atoms with van der Waals surface area (Å²) in [5, 5.41) is 14.2. The zero-order valence-corrected chi connectivity index (χ0v) is 16.0. The highest BCUT2D eigenvalue weighted by molar-refractivity contribution is 9.10. The minimum absolute atomic E-state index is 0.167. The molecule has 2 rings (SSSR count). The molecular formula is C18H20BrN3O4. The molecule has 0 spiro atoms. The van der Waals surface area contributed by atoms with Gasteiger partial charge in [0.1, 0.15) is 11.8 Å². The van der Waals surface area contributed by atoms with Gasteiger partial charge in [-0.25, -0.2) is 4.79 Å². The molecule has 0 saturated heterocycles. The first-order valence-corrected chi connectivity index (χ1v) is 8.80. The van der Waals surface area contributed by atoms with Crippen LogP contribution in [0.1, 0.15) is 36.0 Å². The summed E-state index contributed by atoms with van der Waals surface area (Å²) < 4.78 is 5.93. The van der Waals surface area contributed by atoms with Gasteiger partial charge in [-0.1, -0.05) is 12.1 Å². The summed E-state index contributed by atoms with van der Waals surface area (Å²) in [4.78, 5) is 27.9. The van der Waals surface area contributed by atoms with Crippen LogP contribution in [0.4, 0.5) is 10.5 Å². The van der Waals surface area contributed by atoms with Gasteiger partial charge >= 0.3 is 6.09 Å². The smallest absolute Gasteiger partial charge is 0.408 e. The second kappa shape index (κ2) is 9.30. The number of anilines is 1. The number of halogens is 1. The predicted molar refractivity (Wildman–Crippen MR) is 101 cm³/mol. The van der Waals surface area contributed by atoms with Crippen LogP contribution in [0.25, 0.3) is 0 Å². The summed E-state index contributed by atoms with van der Waals surface area (Å²) >= 11 is 3.41. The van der Waals surface area contributed by atoms with E-state index in [0.29, 0.717) is 15.9 Å². The van der Waals surface area contributed by atoms with Gasteiger partial charge in [-0.15, -0.1) is 0 Å². The lowest BCUT2D eigenvalue weighted by molar-refractivity contribution is 0.100. The third-order valence-corrected chi connectivity index (χ3v) is 4.19. The van der Waals surface area contributed by atoms with Crippen LogP contribution in [0.2, 0.25) is 0 Å². The SMILES string of the molecule is CC(CO)NC(=O)OC(C)c1ccc(NC(=O)c2ccccn2)c(Br)c1. The van der Waals surface area contributed by atoms with Crippen molar-refractivity contribution in [3.8, 4) is 0 Å². The molecule has 1 aromatic heterocycles. The molecule has 26 heavy (non-hydrogen) atoms. The Morgan fingerprint density at radius 1 is 1.27 bits per heavy atom. The maximum atomic E-state index is 12.2. The second-order valence-corrected chi connectivity index (χ2v) is 6.54. The molecular weight excluding hydrogens is 402 g/mol. The number of alkyl carbamates (subject to hydrolysis) is 1. The molecule has 2 aromatic rings. The van der Waals surface area contributed by atoms with E-state index in [2.05, 4.69) is 31.5 Å². The Kier molecular flexibility index (Phi) is 7.11. The maximum Gasteiger partial charge on any atom is 0.408 e. The van der Waals surface area contributed by atoms with Crippen LogP contribution in [0.15, 0.2) is 47.1 Å². The molecule has 7 nitrogen and oxygen atoms in total. The van der Waals surface area contributed by atoms with E-state index in [4.69, 9.17) is 9.84 Å². The number of hydrogen-bond donors (Lipinski definition) is 3. The van der Waals surface area contributed by atoms with E-state index in [1.54, 1.807) is 56.4 Å². The third-order valence-electron chi connectivity index (χ3n) is 3.53. The van der Waals surface area contributed by atoms with Gasteiger partial charge < -0.3 is 20.5 Å². The molecule has 0 aliphatic rings. The van der Waals surface area contributed by atoms with Crippen LogP contribution in [0.5, 0.6) is 0 Å². The molecule has 0 saturated carbocycles. The Morgan fingerprint density at radius 3 is 2.65 bits per heavy atom. The van der Waals surface area contributed by atoms with Crippen LogP contribution >= 0.6 is 15.9 Å². The summed E-state index contributed by atoms with van der Waals surface area (Å²) in [5.41, 5.74) is 1.64. The second-order valence-electron chi connectivity index (χ2n) is 5.68.